The quantitative estimate of drug-likeness (QED) is 0.454. The van der Waals surface area contributed by atoms with Crippen LogP contribution in [0.2, 0.25) is 0 Å². The number of nitrogens with one attached hydrogen (secondary N) is 1. The minimum atomic E-state index is -0.426. The Morgan fingerprint density at radius 2 is 1.45 bits per heavy atom. The molecule has 166 valence electrons. The van der Waals surface area contributed by atoms with Crippen molar-refractivity contribution in [1.82, 2.24) is 19.7 Å². The molecule has 4 aromatic rings. The zero-order valence-electron chi connectivity index (χ0n) is 18.6. The highest BCUT2D eigenvalue weighted by Gasteiger charge is 2.19. The molecule has 0 aliphatic rings. The van der Waals surface area contributed by atoms with E-state index in [-0.39, 0.29) is 11.7 Å². The molecule has 0 radical (unpaired) electrons. The van der Waals surface area contributed by atoms with Gasteiger partial charge in [-0.05, 0) is 50.2 Å². The SMILES string of the molecule is CCN(CC)C(=O)c1ccc(NC(=O)c2nc(-c3ccccc3)n(-c3ccccc3)n2)cc1. The first kappa shape index (κ1) is 22.0. The van der Waals surface area contributed by atoms with Crippen molar-refractivity contribution in [3.8, 4) is 17.1 Å². The number of hydrogen-bond donors (Lipinski definition) is 1. The van der Waals surface area contributed by atoms with Crippen molar-refractivity contribution in [2.45, 2.75) is 13.8 Å². The largest absolute Gasteiger partial charge is 0.339 e. The first-order valence-electron chi connectivity index (χ1n) is 10.9. The Labute approximate surface area is 192 Å². The monoisotopic (exact) mass is 439 g/mol. The van der Waals surface area contributed by atoms with Crippen LogP contribution < -0.4 is 5.32 Å². The van der Waals surface area contributed by atoms with E-state index in [0.29, 0.717) is 30.2 Å². The highest BCUT2D eigenvalue weighted by Crippen LogP contribution is 2.21. The van der Waals surface area contributed by atoms with Crippen LogP contribution in [-0.2, 0) is 0 Å². The van der Waals surface area contributed by atoms with Crippen molar-refractivity contribution in [1.29, 1.82) is 0 Å². The van der Waals surface area contributed by atoms with Gasteiger partial charge in [-0.1, -0.05) is 48.5 Å². The van der Waals surface area contributed by atoms with Gasteiger partial charge in [-0.25, -0.2) is 9.67 Å². The predicted octanol–water partition coefficient (Wildman–Crippen LogP) is 4.67. The Bertz CT molecular complexity index is 1170. The summed E-state index contributed by atoms with van der Waals surface area (Å²) in [6.45, 7) is 5.18. The molecule has 1 aromatic heterocycles. The minimum absolute atomic E-state index is 0.0337. The molecule has 0 saturated heterocycles. The second kappa shape index (κ2) is 9.91. The summed E-state index contributed by atoms with van der Waals surface area (Å²) in [6, 6.07) is 26.0. The van der Waals surface area contributed by atoms with Crippen LogP contribution in [0.4, 0.5) is 5.69 Å². The molecule has 7 heteroatoms. The van der Waals surface area contributed by atoms with Crippen molar-refractivity contribution in [3.05, 3.63) is 96.3 Å². The van der Waals surface area contributed by atoms with Gasteiger partial charge in [0.25, 0.3) is 11.8 Å². The third kappa shape index (κ3) is 4.82. The Hall–Kier alpha value is -4.26. The molecule has 4 rings (SSSR count). The number of carbonyl (C=O) groups excluding carboxylic acids is 2. The van der Waals surface area contributed by atoms with Crippen molar-refractivity contribution in [2.75, 3.05) is 18.4 Å². The van der Waals surface area contributed by atoms with Gasteiger partial charge in [-0.15, -0.1) is 5.10 Å². The lowest BCUT2D eigenvalue weighted by Gasteiger charge is -2.18. The fourth-order valence-corrected chi connectivity index (χ4v) is 3.51. The van der Waals surface area contributed by atoms with E-state index >= 15 is 0 Å². The molecule has 2 amide bonds. The van der Waals surface area contributed by atoms with Crippen molar-refractivity contribution in [2.24, 2.45) is 0 Å². The van der Waals surface area contributed by atoms with Gasteiger partial charge in [0, 0.05) is 29.9 Å². The summed E-state index contributed by atoms with van der Waals surface area (Å²) < 4.78 is 1.66. The zero-order chi connectivity index (χ0) is 23.2. The van der Waals surface area contributed by atoms with Gasteiger partial charge in [0.05, 0.1) is 5.69 Å². The van der Waals surface area contributed by atoms with Crippen LogP contribution in [0.1, 0.15) is 34.8 Å². The van der Waals surface area contributed by atoms with E-state index in [1.54, 1.807) is 33.8 Å². The Balaban J connectivity index is 1.59. The fourth-order valence-electron chi connectivity index (χ4n) is 3.51. The van der Waals surface area contributed by atoms with Crippen LogP contribution in [-0.4, -0.2) is 44.6 Å². The minimum Gasteiger partial charge on any atom is -0.339 e. The van der Waals surface area contributed by atoms with Crippen molar-refractivity contribution >= 4 is 17.5 Å². The van der Waals surface area contributed by atoms with Gasteiger partial charge in [-0.3, -0.25) is 9.59 Å². The molecule has 0 fully saturated rings. The molecule has 0 aliphatic carbocycles. The normalized spacial score (nSPS) is 10.6. The van der Waals surface area contributed by atoms with Crippen LogP contribution in [0.5, 0.6) is 0 Å². The van der Waals surface area contributed by atoms with Crippen LogP contribution in [0.25, 0.3) is 17.1 Å². The second-order valence-electron chi connectivity index (χ2n) is 7.38. The highest BCUT2D eigenvalue weighted by atomic mass is 16.2. The summed E-state index contributed by atoms with van der Waals surface area (Å²) in [7, 11) is 0. The number of aromatic nitrogens is 3. The predicted molar refractivity (Wildman–Crippen MR) is 128 cm³/mol. The molecule has 0 spiro atoms. The molecule has 1 N–H and O–H groups in total. The number of nitrogens with zero attached hydrogens (tertiary/aromatic N) is 4. The zero-order valence-corrected chi connectivity index (χ0v) is 18.6. The smallest absolute Gasteiger partial charge is 0.295 e. The molecule has 0 saturated carbocycles. The standard InChI is InChI=1S/C26H25N5O2/c1-3-30(4-2)26(33)20-15-17-21(18-16-20)27-25(32)23-28-24(19-11-7-5-8-12-19)31(29-23)22-13-9-6-10-14-22/h5-18H,3-4H2,1-2H3,(H,27,32). The van der Waals surface area contributed by atoms with E-state index in [4.69, 9.17) is 0 Å². The molecule has 1 heterocycles. The molecule has 3 aromatic carbocycles. The average molecular weight is 440 g/mol. The first-order valence-corrected chi connectivity index (χ1v) is 10.9. The van der Waals surface area contributed by atoms with Gasteiger partial charge < -0.3 is 10.2 Å². The van der Waals surface area contributed by atoms with Gasteiger partial charge in [-0.2, -0.15) is 0 Å². The molecular formula is C26H25N5O2. The number of hydrogen-bond acceptors (Lipinski definition) is 4. The van der Waals surface area contributed by atoms with Crippen molar-refractivity contribution < 1.29 is 9.59 Å². The molecule has 33 heavy (non-hydrogen) atoms. The molecule has 7 nitrogen and oxygen atoms in total. The molecule has 0 aliphatic heterocycles. The number of carbonyl (C=O) groups is 2. The van der Waals surface area contributed by atoms with Crippen LogP contribution >= 0.6 is 0 Å². The van der Waals surface area contributed by atoms with E-state index in [2.05, 4.69) is 15.4 Å². The van der Waals surface area contributed by atoms with Gasteiger partial charge >= 0.3 is 0 Å². The van der Waals surface area contributed by atoms with E-state index in [9.17, 15) is 9.59 Å². The topological polar surface area (TPSA) is 80.1 Å². The summed E-state index contributed by atoms with van der Waals surface area (Å²) in [5.41, 5.74) is 2.80. The van der Waals surface area contributed by atoms with Crippen LogP contribution in [0.3, 0.4) is 0 Å². The van der Waals surface area contributed by atoms with E-state index in [1.807, 2.05) is 74.5 Å². The lowest BCUT2D eigenvalue weighted by Crippen LogP contribution is -2.30. The lowest BCUT2D eigenvalue weighted by atomic mass is 10.1. The van der Waals surface area contributed by atoms with Gasteiger partial charge in [0.2, 0.25) is 5.82 Å². The summed E-state index contributed by atoms with van der Waals surface area (Å²) in [5, 5.41) is 7.30. The Morgan fingerprint density at radius 3 is 2.06 bits per heavy atom. The number of rotatable bonds is 7. The lowest BCUT2D eigenvalue weighted by molar-refractivity contribution is 0.0773. The number of anilines is 1. The molecule has 0 atom stereocenters. The molecule has 0 unspecified atom stereocenters. The van der Waals surface area contributed by atoms with Gasteiger partial charge in [0.15, 0.2) is 5.82 Å². The third-order valence-electron chi connectivity index (χ3n) is 5.28. The maximum Gasteiger partial charge on any atom is 0.295 e. The maximum absolute atomic E-state index is 12.9. The van der Waals surface area contributed by atoms with Gasteiger partial charge in [0.1, 0.15) is 0 Å². The second-order valence-corrected chi connectivity index (χ2v) is 7.38. The number of benzene rings is 3. The molecular weight excluding hydrogens is 414 g/mol. The third-order valence-corrected chi connectivity index (χ3v) is 5.28. The number of amides is 2. The number of para-hydroxylation sites is 1. The van der Waals surface area contributed by atoms with E-state index < -0.39 is 5.91 Å². The molecule has 0 bridgehead atoms. The maximum atomic E-state index is 12.9. The summed E-state index contributed by atoms with van der Waals surface area (Å²) in [5.74, 6) is 0.173. The van der Waals surface area contributed by atoms with Crippen LogP contribution in [0.15, 0.2) is 84.9 Å². The highest BCUT2D eigenvalue weighted by molar-refractivity contribution is 6.02. The fraction of sp³-hybridized carbons (Fsp3) is 0.154. The van der Waals surface area contributed by atoms with Crippen LogP contribution in [0, 0.1) is 0 Å². The van der Waals surface area contributed by atoms with E-state index in [0.717, 1.165) is 11.3 Å². The Kier molecular flexibility index (Phi) is 6.59. The summed E-state index contributed by atoms with van der Waals surface area (Å²) in [4.78, 5) is 31.7. The summed E-state index contributed by atoms with van der Waals surface area (Å²) >= 11 is 0. The van der Waals surface area contributed by atoms with Crippen molar-refractivity contribution in [3.63, 3.8) is 0 Å². The van der Waals surface area contributed by atoms with E-state index in [1.165, 1.54) is 0 Å². The first-order chi connectivity index (χ1) is 16.1. The Morgan fingerprint density at radius 1 is 0.848 bits per heavy atom. The summed E-state index contributed by atoms with van der Waals surface area (Å²) in [6.07, 6.45) is 0. The average Bonchev–Trinajstić information content (AvgIpc) is 3.32.